The van der Waals surface area contributed by atoms with Gasteiger partial charge in [0.05, 0.1) is 16.9 Å². The lowest BCUT2D eigenvalue weighted by atomic mass is 9.85. The number of methoxy groups -OCH3 is 1. The normalized spacial score (nSPS) is 18.1. The Balaban J connectivity index is 1.87. The average Bonchev–Trinajstić information content (AvgIpc) is 3.11. The molecule has 1 atom stereocenters. The SMILES string of the molecule is COc1ccc(S(=O)(=O)c2ccc(C3CCN(B(C)O)C3)c(C)c2)cc1. The van der Waals surface area contributed by atoms with Crippen LogP contribution in [-0.4, -0.2) is 45.5 Å². The van der Waals surface area contributed by atoms with Gasteiger partial charge in [0, 0.05) is 0 Å². The van der Waals surface area contributed by atoms with Gasteiger partial charge in [-0.2, -0.15) is 0 Å². The number of hydrogen-bond donors (Lipinski definition) is 1. The molecule has 2 aromatic carbocycles. The molecule has 5 nitrogen and oxygen atoms in total. The molecule has 1 fully saturated rings. The zero-order valence-electron chi connectivity index (χ0n) is 15.3. The first kappa shape index (κ1) is 19.0. The second-order valence-corrected chi connectivity index (χ2v) is 8.76. The molecule has 0 amide bonds. The molecule has 1 heterocycles. The van der Waals surface area contributed by atoms with E-state index in [1.54, 1.807) is 50.3 Å². The van der Waals surface area contributed by atoms with Gasteiger partial charge in [0.25, 0.3) is 0 Å². The highest BCUT2D eigenvalue weighted by molar-refractivity contribution is 7.91. The summed E-state index contributed by atoms with van der Waals surface area (Å²) in [5.74, 6) is 0.946. The molecule has 1 saturated heterocycles. The van der Waals surface area contributed by atoms with Crippen LogP contribution in [-0.2, 0) is 9.84 Å². The van der Waals surface area contributed by atoms with E-state index in [9.17, 15) is 13.4 Å². The summed E-state index contributed by atoms with van der Waals surface area (Å²) in [4.78, 5) is 2.59. The van der Waals surface area contributed by atoms with Crippen molar-refractivity contribution >= 4 is 16.9 Å². The minimum Gasteiger partial charge on any atom is -0.497 e. The Morgan fingerprint density at radius 2 is 1.81 bits per heavy atom. The van der Waals surface area contributed by atoms with Gasteiger partial charge in [-0.05, 0) is 86.7 Å². The molecule has 1 aliphatic heterocycles. The summed E-state index contributed by atoms with van der Waals surface area (Å²) in [5, 5.41) is 9.74. The van der Waals surface area contributed by atoms with Gasteiger partial charge >= 0.3 is 7.05 Å². The van der Waals surface area contributed by atoms with E-state index >= 15 is 0 Å². The lowest BCUT2D eigenvalue weighted by Gasteiger charge is -2.18. The summed E-state index contributed by atoms with van der Waals surface area (Å²) in [7, 11) is -2.46. The van der Waals surface area contributed by atoms with Crippen LogP contribution in [0, 0.1) is 6.92 Å². The van der Waals surface area contributed by atoms with Gasteiger partial charge in [0.1, 0.15) is 5.75 Å². The zero-order chi connectivity index (χ0) is 18.9. The summed E-state index contributed by atoms with van der Waals surface area (Å²) in [6.07, 6.45) is 0.969. The second kappa shape index (κ2) is 7.43. The van der Waals surface area contributed by atoms with Gasteiger partial charge < -0.3 is 14.6 Å². The Hall–Kier alpha value is -1.83. The van der Waals surface area contributed by atoms with Gasteiger partial charge in [-0.3, -0.25) is 0 Å². The molecule has 1 unspecified atom stereocenters. The maximum atomic E-state index is 12.9. The maximum absolute atomic E-state index is 12.9. The molecule has 0 bridgehead atoms. The van der Waals surface area contributed by atoms with Crippen molar-refractivity contribution in [2.75, 3.05) is 20.2 Å². The molecule has 3 rings (SSSR count). The van der Waals surface area contributed by atoms with Gasteiger partial charge in [-0.25, -0.2) is 8.42 Å². The second-order valence-electron chi connectivity index (χ2n) is 6.81. The van der Waals surface area contributed by atoms with Crippen LogP contribution in [0.1, 0.15) is 23.5 Å². The first-order chi connectivity index (χ1) is 12.3. The number of ether oxygens (including phenoxy) is 1. The van der Waals surface area contributed by atoms with E-state index in [1.165, 1.54) is 0 Å². The van der Waals surface area contributed by atoms with Crippen molar-refractivity contribution in [2.24, 2.45) is 0 Å². The van der Waals surface area contributed by atoms with Crippen molar-refractivity contribution in [1.29, 1.82) is 0 Å². The van der Waals surface area contributed by atoms with E-state index < -0.39 is 16.9 Å². The van der Waals surface area contributed by atoms with E-state index in [0.29, 0.717) is 16.6 Å². The minimum atomic E-state index is -3.56. The molecular formula is C19H24BNO4S. The molecule has 1 N–H and O–H groups in total. The topological polar surface area (TPSA) is 66.8 Å². The number of aryl methyl sites for hydroxylation is 1. The van der Waals surface area contributed by atoms with E-state index in [4.69, 9.17) is 4.74 Å². The molecule has 1 aliphatic rings. The first-order valence-corrected chi connectivity index (χ1v) is 10.2. The van der Waals surface area contributed by atoms with Crippen LogP contribution in [0.25, 0.3) is 0 Å². The Morgan fingerprint density at radius 3 is 2.35 bits per heavy atom. The first-order valence-electron chi connectivity index (χ1n) is 8.74. The van der Waals surface area contributed by atoms with E-state index in [2.05, 4.69) is 0 Å². The maximum Gasteiger partial charge on any atom is 0.376 e. The van der Waals surface area contributed by atoms with Crippen LogP contribution in [0.3, 0.4) is 0 Å². The van der Waals surface area contributed by atoms with Crippen molar-refractivity contribution in [3.63, 3.8) is 0 Å². The Kier molecular flexibility index (Phi) is 5.41. The molecule has 0 radical (unpaired) electrons. The van der Waals surface area contributed by atoms with Crippen molar-refractivity contribution in [2.45, 2.75) is 35.9 Å². The van der Waals surface area contributed by atoms with Gasteiger partial charge in [0.2, 0.25) is 9.84 Å². The molecule has 138 valence electrons. The lowest BCUT2D eigenvalue weighted by molar-refractivity contribution is 0.414. The largest absolute Gasteiger partial charge is 0.497 e. The van der Waals surface area contributed by atoms with Crippen LogP contribution in [0.2, 0.25) is 6.82 Å². The Labute approximate surface area is 155 Å². The number of sulfone groups is 1. The fourth-order valence-electron chi connectivity index (χ4n) is 3.54. The molecule has 26 heavy (non-hydrogen) atoms. The summed E-state index contributed by atoms with van der Waals surface area (Å²) in [6.45, 7) is 5.38. The Morgan fingerprint density at radius 1 is 1.15 bits per heavy atom. The standard InChI is InChI=1S/C19H24BNO4S/c1-14-12-18(26(23,24)17-6-4-16(25-3)5-7-17)8-9-19(14)15-10-11-21(13-15)20(2)22/h4-9,12,15,22H,10-11,13H2,1-3H3. The fourth-order valence-corrected chi connectivity index (χ4v) is 4.89. The highest BCUT2D eigenvalue weighted by Gasteiger charge is 2.29. The molecule has 0 spiro atoms. The summed E-state index contributed by atoms with van der Waals surface area (Å²) in [6, 6.07) is 11.8. The number of benzene rings is 2. The molecule has 0 aliphatic carbocycles. The van der Waals surface area contributed by atoms with Crippen LogP contribution < -0.4 is 4.74 Å². The summed E-state index contributed by atoms with van der Waals surface area (Å²) < 4.78 is 30.8. The third-order valence-electron chi connectivity index (χ3n) is 5.11. The fraction of sp³-hybridized carbons (Fsp3) is 0.368. The Bertz CT molecular complexity index is 881. The predicted octanol–water partition coefficient (Wildman–Crippen LogP) is 2.74. The smallest absolute Gasteiger partial charge is 0.376 e. The number of rotatable bonds is 5. The third kappa shape index (κ3) is 3.65. The van der Waals surface area contributed by atoms with Crippen LogP contribution in [0.4, 0.5) is 0 Å². The van der Waals surface area contributed by atoms with Crippen molar-refractivity contribution < 1.29 is 18.2 Å². The molecule has 2 aromatic rings. The summed E-state index contributed by atoms with van der Waals surface area (Å²) >= 11 is 0. The van der Waals surface area contributed by atoms with Gasteiger partial charge in [-0.1, -0.05) is 6.07 Å². The average molecular weight is 373 g/mol. The van der Waals surface area contributed by atoms with Crippen LogP contribution in [0.15, 0.2) is 52.3 Å². The quantitative estimate of drug-likeness (QED) is 0.817. The zero-order valence-corrected chi connectivity index (χ0v) is 16.2. The van der Waals surface area contributed by atoms with E-state index in [1.807, 2.05) is 17.8 Å². The van der Waals surface area contributed by atoms with E-state index in [-0.39, 0.29) is 4.90 Å². The molecular weight excluding hydrogens is 349 g/mol. The lowest BCUT2D eigenvalue weighted by Crippen LogP contribution is -2.34. The van der Waals surface area contributed by atoms with Crippen LogP contribution >= 0.6 is 0 Å². The molecule has 7 heteroatoms. The highest BCUT2D eigenvalue weighted by Crippen LogP contribution is 2.32. The van der Waals surface area contributed by atoms with Crippen molar-refractivity contribution in [1.82, 2.24) is 4.81 Å². The summed E-state index contributed by atoms with van der Waals surface area (Å²) in [5.41, 5.74) is 2.12. The van der Waals surface area contributed by atoms with Crippen molar-refractivity contribution in [3.05, 3.63) is 53.6 Å². The monoisotopic (exact) mass is 373 g/mol. The van der Waals surface area contributed by atoms with E-state index in [0.717, 1.165) is 30.6 Å². The number of nitrogens with zero attached hydrogens (tertiary/aromatic N) is 1. The third-order valence-corrected chi connectivity index (χ3v) is 6.88. The molecule has 0 aromatic heterocycles. The minimum absolute atomic E-state index is 0.256. The van der Waals surface area contributed by atoms with Crippen molar-refractivity contribution in [3.8, 4) is 5.75 Å². The number of hydrogen-bond acceptors (Lipinski definition) is 5. The molecule has 0 saturated carbocycles. The predicted molar refractivity (Wildman–Crippen MR) is 102 cm³/mol. The van der Waals surface area contributed by atoms with Gasteiger partial charge in [-0.15, -0.1) is 0 Å². The van der Waals surface area contributed by atoms with Crippen LogP contribution in [0.5, 0.6) is 5.75 Å². The highest BCUT2D eigenvalue weighted by atomic mass is 32.2. The van der Waals surface area contributed by atoms with Gasteiger partial charge in [0.15, 0.2) is 0 Å².